The summed E-state index contributed by atoms with van der Waals surface area (Å²) >= 11 is 0. The number of nitrogens with two attached hydrogens (primary N) is 1. The smallest absolute Gasteiger partial charge is 0.148 e. The molecule has 0 fully saturated rings. The molecule has 2 aromatic rings. The molecule has 0 bridgehead atoms. The van der Waals surface area contributed by atoms with Crippen LogP contribution >= 0.6 is 0 Å². The van der Waals surface area contributed by atoms with Crippen LogP contribution in [0.5, 0.6) is 0 Å². The number of aromatic nitrogens is 3. The zero-order valence-electron chi connectivity index (χ0n) is 7.31. The topological polar surface area (TPSA) is 77.0 Å². The number of halogens is 1. The van der Waals surface area contributed by atoms with Gasteiger partial charge in [-0.1, -0.05) is 5.21 Å². The molecule has 74 valence electrons. The number of hydrogen-bond donors (Lipinski definition) is 2. The van der Waals surface area contributed by atoms with Crippen LogP contribution in [0.4, 0.5) is 10.1 Å². The molecule has 2 rings (SSSR count). The van der Waals surface area contributed by atoms with Crippen LogP contribution < -0.4 is 5.73 Å². The first kappa shape index (κ1) is 8.89. The van der Waals surface area contributed by atoms with Gasteiger partial charge in [0.2, 0.25) is 0 Å². The Morgan fingerprint density at radius 3 is 3.00 bits per heavy atom. The fourth-order valence-electron chi connectivity index (χ4n) is 1.26. The highest BCUT2D eigenvalue weighted by Crippen LogP contribution is 2.18. The van der Waals surface area contributed by atoms with Crippen LogP contribution in [0.25, 0.3) is 11.0 Å². The lowest BCUT2D eigenvalue weighted by Gasteiger charge is -1.99. The summed E-state index contributed by atoms with van der Waals surface area (Å²) in [6, 6.07) is 2.69. The lowest BCUT2D eigenvalue weighted by molar-refractivity contribution is 0.270. The van der Waals surface area contributed by atoms with Crippen LogP contribution in [0.3, 0.4) is 0 Å². The van der Waals surface area contributed by atoms with E-state index in [9.17, 15) is 4.39 Å². The summed E-state index contributed by atoms with van der Waals surface area (Å²) in [7, 11) is 0. The van der Waals surface area contributed by atoms with E-state index in [1.165, 1.54) is 16.8 Å². The molecule has 0 aliphatic carbocycles. The zero-order chi connectivity index (χ0) is 10.1. The van der Waals surface area contributed by atoms with Crippen molar-refractivity contribution in [2.24, 2.45) is 0 Å². The number of rotatable bonds is 2. The summed E-state index contributed by atoms with van der Waals surface area (Å²) in [6.45, 7) is 0.227. The summed E-state index contributed by atoms with van der Waals surface area (Å²) in [5.41, 5.74) is 6.48. The Balaban J connectivity index is 2.61. The normalized spacial score (nSPS) is 11.0. The number of nitrogens with zero attached hydrogens (tertiary/aromatic N) is 3. The molecule has 0 saturated carbocycles. The average Bonchev–Trinajstić information content (AvgIpc) is 2.51. The molecule has 0 spiro atoms. The maximum Gasteiger partial charge on any atom is 0.148 e. The summed E-state index contributed by atoms with van der Waals surface area (Å²) in [5.74, 6) is -0.501. The fourth-order valence-corrected chi connectivity index (χ4v) is 1.26. The Morgan fingerprint density at radius 1 is 1.50 bits per heavy atom. The highest BCUT2D eigenvalue weighted by atomic mass is 19.1. The molecule has 0 unspecified atom stereocenters. The van der Waals surface area contributed by atoms with Crippen molar-refractivity contribution in [2.45, 2.75) is 6.54 Å². The molecular formula is C8H9FN4O. The average molecular weight is 196 g/mol. The monoisotopic (exact) mass is 196 g/mol. The first-order valence-corrected chi connectivity index (χ1v) is 4.11. The highest BCUT2D eigenvalue weighted by molar-refractivity contribution is 5.78. The third kappa shape index (κ3) is 1.29. The van der Waals surface area contributed by atoms with Crippen LogP contribution in [-0.4, -0.2) is 26.7 Å². The van der Waals surface area contributed by atoms with E-state index in [4.69, 9.17) is 10.8 Å². The maximum atomic E-state index is 13.1. The lowest BCUT2D eigenvalue weighted by atomic mass is 10.2. The standard InChI is InChI=1S/C8H9FN4O/c9-5-3-8-7(4-6(5)10)11-12-13(8)1-2-14/h3-4,14H,1-2,10H2. The van der Waals surface area contributed by atoms with Gasteiger partial charge in [-0.05, 0) is 6.07 Å². The van der Waals surface area contributed by atoms with E-state index < -0.39 is 5.82 Å². The van der Waals surface area contributed by atoms with Crippen molar-refractivity contribution in [3.8, 4) is 0 Å². The number of anilines is 1. The van der Waals surface area contributed by atoms with Crippen LogP contribution in [-0.2, 0) is 6.54 Å². The van der Waals surface area contributed by atoms with Gasteiger partial charge in [-0.2, -0.15) is 0 Å². The third-order valence-electron chi connectivity index (χ3n) is 1.94. The van der Waals surface area contributed by atoms with Gasteiger partial charge in [0.1, 0.15) is 11.3 Å². The van der Waals surface area contributed by atoms with Gasteiger partial charge in [-0.25, -0.2) is 9.07 Å². The van der Waals surface area contributed by atoms with Crippen LogP contribution in [0.15, 0.2) is 12.1 Å². The number of aliphatic hydroxyl groups excluding tert-OH is 1. The molecule has 1 aromatic heterocycles. The van der Waals surface area contributed by atoms with Crippen LogP contribution in [0.1, 0.15) is 0 Å². The summed E-state index contributed by atoms with van der Waals surface area (Å²) < 4.78 is 14.5. The van der Waals surface area contributed by atoms with E-state index >= 15 is 0 Å². The summed E-state index contributed by atoms with van der Waals surface area (Å²) in [4.78, 5) is 0. The van der Waals surface area contributed by atoms with Crippen molar-refractivity contribution in [2.75, 3.05) is 12.3 Å². The van der Waals surface area contributed by atoms with Crippen molar-refractivity contribution < 1.29 is 9.50 Å². The van der Waals surface area contributed by atoms with Crippen molar-refractivity contribution in [3.05, 3.63) is 17.9 Å². The molecule has 0 radical (unpaired) electrons. The predicted octanol–water partition coefficient (Wildman–Crippen LogP) is 0.145. The molecule has 0 atom stereocenters. The minimum atomic E-state index is -0.501. The van der Waals surface area contributed by atoms with E-state index in [1.807, 2.05) is 0 Å². The Labute approximate surface area is 78.9 Å². The number of nitrogen functional groups attached to an aromatic ring is 1. The first-order chi connectivity index (χ1) is 6.72. The molecule has 3 N–H and O–H groups in total. The predicted molar refractivity (Wildman–Crippen MR) is 49.0 cm³/mol. The molecule has 0 saturated heterocycles. The van der Waals surface area contributed by atoms with Crippen molar-refractivity contribution in [1.29, 1.82) is 0 Å². The second-order valence-electron chi connectivity index (χ2n) is 2.90. The highest BCUT2D eigenvalue weighted by Gasteiger charge is 2.07. The SMILES string of the molecule is Nc1cc2nnn(CCO)c2cc1F. The second kappa shape index (κ2) is 3.22. The number of benzene rings is 1. The quantitative estimate of drug-likeness (QED) is 0.670. The fraction of sp³-hybridized carbons (Fsp3) is 0.250. The minimum Gasteiger partial charge on any atom is -0.396 e. The Bertz CT molecular complexity index is 468. The molecule has 0 aliphatic rings. The van der Waals surface area contributed by atoms with Gasteiger partial charge in [0.25, 0.3) is 0 Å². The number of hydrogen-bond acceptors (Lipinski definition) is 4. The van der Waals surface area contributed by atoms with Gasteiger partial charge in [-0.3, -0.25) is 0 Å². The lowest BCUT2D eigenvalue weighted by Crippen LogP contribution is -2.04. The van der Waals surface area contributed by atoms with Gasteiger partial charge in [0, 0.05) is 6.07 Å². The first-order valence-electron chi connectivity index (χ1n) is 4.11. The zero-order valence-corrected chi connectivity index (χ0v) is 7.31. The van der Waals surface area contributed by atoms with Crippen LogP contribution in [0, 0.1) is 5.82 Å². The molecular weight excluding hydrogens is 187 g/mol. The van der Waals surface area contributed by atoms with E-state index in [2.05, 4.69) is 10.3 Å². The molecule has 1 heterocycles. The maximum absolute atomic E-state index is 13.1. The van der Waals surface area contributed by atoms with E-state index in [0.29, 0.717) is 17.6 Å². The van der Waals surface area contributed by atoms with Crippen LogP contribution in [0.2, 0.25) is 0 Å². The largest absolute Gasteiger partial charge is 0.396 e. The van der Waals surface area contributed by atoms with Gasteiger partial charge in [-0.15, -0.1) is 5.10 Å². The molecule has 0 aliphatic heterocycles. The van der Waals surface area contributed by atoms with Crippen molar-refractivity contribution in [3.63, 3.8) is 0 Å². The van der Waals surface area contributed by atoms with Gasteiger partial charge < -0.3 is 10.8 Å². The molecule has 6 heteroatoms. The van der Waals surface area contributed by atoms with E-state index in [-0.39, 0.29) is 12.3 Å². The number of fused-ring (bicyclic) bond motifs is 1. The second-order valence-corrected chi connectivity index (χ2v) is 2.90. The number of aliphatic hydroxyl groups is 1. The third-order valence-corrected chi connectivity index (χ3v) is 1.94. The minimum absolute atomic E-state index is 0.0496. The Hall–Kier alpha value is -1.69. The van der Waals surface area contributed by atoms with Crippen molar-refractivity contribution >= 4 is 16.7 Å². The summed E-state index contributed by atoms with van der Waals surface area (Å²) in [6.07, 6.45) is 0. The Kier molecular flexibility index (Phi) is 2.05. The van der Waals surface area contributed by atoms with Gasteiger partial charge >= 0.3 is 0 Å². The van der Waals surface area contributed by atoms with Gasteiger partial charge in [0.15, 0.2) is 0 Å². The van der Waals surface area contributed by atoms with Crippen molar-refractivity contribution in [1.82, 2.24) is 15.0 Å². The van der Waals surface area contributed by atoms with E-state index in [0.717, 1.165) is 0 Å². The Morgan fingerprint density at radius 2 is 2.29 bits per heavy atom. The van der Waals surface area contributed by atoms with Gasteiger partial charge in [0.05, 0.1) is 24.4 Å². The van der Waals surface area contributed by atoms with E-state index in [1.54, 1.807) is 0 Å². The molecule has 0 amide bonds. The molecule has 14 heavy (non-hydrogen) atoms. The molecule has 5 nitrogen and oxygen atoms in total. The summed E-state index contributed by atoms with van der Waals surface area (Å²) in [5, 5.41) is 16.3. The molecule has 1 aromatic carbocycles.